The van der Waals surface area contributed by atoms with Gasteiger partial charge in [-0.1, -0.05) is 17.3 Å². The first-order chi connectivity index (χ1) is 11.5. The first kappa shape index (κ1) is 16.1. The predicted molar refractivity (Wildman–Crippen MR) is 81.5 cm³/mol. The number of benzene rings is 1. The minimum Gasteiger partial charge on any atom is -0.476 e. The van der Waals surface area contributed by atoms with Gasteiger partial charge in [0.1, 0.15) is 12.4 Å². The number of hydrogen-bond donors (Lipinski definition) is 1. The SMILES string of the molecule is O=C(O)c1cn(CC(=O)N(Cc2ccc(F)cc2)CC2CC2)nn1. The third-order valence-corrected chi connectivity index (χ3v) is 3.87. The Morgan fingerprint density at radius 1 is 1.29 bits per heavy atom. The van der Waals surface area contributed by atoms with Gasteiger partial charge in [-0.3, -0.25) is 4.79 Å². The first-order valence-electron chi connectivity index (χ1n) is 7.67. The lowest BCUT2D eigenvalue weighted by atomic mass is 10.2. The molecule has 1 saturated carbocycles. The van der Waals surface area contributed by atoms with Gasteiger partial charge in [0.25, 0.3) is 0 Å². The quantitative estimate of drug-likeness (QED) is 0.831. The zero-order chi connectivity index (χ0) is 17.1. The standard InChI is InChI=1S/C16H17FN4O3/c17-13-5-3-12(4-6-13)8-20(7-11-1-2-11)15(22)10-21-9-14(16(23)24)18-19-21/h3-6,9,11H,1-2,7-8,10H2,(H,23,24). The Labute approximate surface area is 137 Å². The van der Waals surface area contributed by atoms with Crippen LogP contribution in [0.5, 0.6) is 0 Å². The van der Waals surface area contributed by atoms with E-state index in [-0.39, 0.29) is 24.0 Å². The largest absolute Gasteiger partial charge is 0.476 e. The average molecular weight is 332 g/mol. The zero-order valence-electron chi connectivity index (χ0n) is 12.9. The fraction of sp³-hybridized carbons (Fsp3) is 0.375. The summed E-state index contributed by atoms with van der Waals surface area (Å²) in [6.45, 7) is 0.945. The lowest BCUT2D eigenvalue weighted by Crippen LogP contribution is -2.35. The third kappa shape index (κ3) is 4.15. The molecule has 1 N–H and O–H groups in total. The highest BCUT2D eigenvalue weighted by Gasteiger charge is 2.27. The minimum absolute atomic E-state index is 0.0752. The zero-order valence-corrected chi connectivity index (χ0v) is 12.9. The van der Waals surface area contributed by atoms with E-state index >= 15 is 0 Å². The van der Waals surface area contributed by atoms with Gasteiger partial charge in [0.05, 0.1) is 6.20 Å². The van der Waals surface area contributed by atoms with Crippen LogP contribution < -0.4 is 0 Å². The van der Waals surface area contributed by atoms with E-state index in [4.69, 9.17) is 5.11 Å². The number of hydrogen-bond acceptors (Lipinski definition) is 4. The average Bonchev–Trinajstić information content (AvgIpc) is 3.24. The molecule has 0 aliphatic heterocycles. The van der Waals surface area contributed by atoms with Gasteiger partial charge < -0.3 is 10.0 Å². The fourth-order valence-corrected chi connectivity index (χ4v) is 2.39. The lowest BCUT2D eigenvalue weighted by molar-refractivity contribution is -0.133. The van der Waals surface area contributed by atoms with Crippen molar-refractivity contribution in [3.8, 4) is 0 Å². The molecular formula is C16H17FN4O3. The molecule has 126 valence electrons. The summed E-state index contributed by atoms with van der Waals surface area (Å²) < 4.78 is 14.2. The predicted octanol–water partition coefficient (Wildman–Crippen LogP) is 1.55. The summed E-state index contributed by atoms with van der Waals surface area (Å²) in [5, 5.41) is 16.0. The summed E-state index contributed by atoms with van der Waals surface area (Å²) >= 11 is 0. The molecular weight excluding hydrogens is 315 g/mol. The summed E-state index contributed by atoms with van der Waals surface area (Å²) in [7, 11) is 0. The molecule has 1 heterocycles. The second-order valence-electron chi connectivity index (χ2n) is 5.95. The molecule has 0 saturated heterocycles. The Kier molecular flexibility index (Phi) is 4.54. The molecule has 3 rings (SSSR count). The van der Waals surface area contributed by atoms with E-state index < -0.39 is 5.97 Å². The molecule has 0 spiro atoms. The van der Waals surface area contributed by atoms with Crippen LogP contribution in [0.4, 0.5) is 4.39 Å². The minimum atomic E-state index is -1.19. The van der Waals surface area contributed by atoms with Crippen molar-refractivity contribution >= 4 is 11.9 Å². The normalized spacial score (nSPS) is 13.7. The van der Waals surface area contributed by atoms with Crippen LogP contribution in [0.2, 0.25) is 0 Å². The number of amides is 1. The maximum Gasteiger partial charge on any atom is 0.358 e. The number of aromatic nitrogens is 3. The molecule has 0 bridgehead atoms. The van der Waals surface area contributed by atoms with Gasteiger partial charge >= 0.3 is 5.97 Å². The molecule has 0 atom stereocenters. The Morgan fingerprint density at radius 2 is 2.00 bits per heavy atom. The number of carbonyl (C=O) groups excluding carboxylic acids is 1. The van der Waals surface area contributed by atoms with E-state index in [1.54, 1.807) is 17.0 Å². The summed E-state index contributed by atoms with van der Waals surface area (Å²) in [5.41, 5.74) is 0.644. The number of halogens is 1. The number of carboxylic acids is 1. The molecule has 1 amide bonds. The van der Waals surface area contributed by atoms with Crippen molar-refractivity contribution in [2.24, 2.45) is 5.92 Å². The van der Waals surface area contributed by atoms with Crippen molar-refractivity contribution in [3.05, 3.63) is 47.5 Å². The van der Waals surface area contributed by atoms with Gasteiger partial charge in [-0.05, 0) is 36.5 Å². The van der Waals surface area contributed by atoms with Gasteiger partial charge in [0.15, 0.2) is 5.69 Å². The fourth-order valence-electron chi connectivity index (χ4n) is 2.39. The van der Waals surface area contributed by atoms with E-state index in [1.165, 1.54) is 23.0 Å². The van der Waals surface area contributed by atoms with Gasteiger partial charge in [0.2, 0.25) is 5.91 Å². The van der Waals surface area contributed by atoms with E-state index in [9.17, 15) is 14.0 Å². The first-order valence-corrected chi connectivity index (χ1v) is 7.67. The van der Waals surface area contributed by atoms with E-state index in [0.717, 1.165) is 18.4 Å². The third-order valence-electron chi connectivity index (χ3n) is 3.87. The highest BCUT2D eigenvalue weighted by atomic mass is 19.1. The Balaban J connectivity index is 1.68. The maximum absolute atomic E-state index is 13.0. The molecule has 0 unspecified atom stereocenters. The monoisotopic (exact) mass is 332 g/mol. The Bertz CT molecular complexity index is 740. The number of carboxylic acid groups (broad SMARTS) is 1. The van der Waals surface area contributed by atoms with Crippen LogP contribution in [0, 0.1) is 11.7 Å². The van der Waals surface area contributed by atoms with Crippen LogP contribution in [0.25, 0.3) is 0 Å². The van der Waals surface area contributed by atoms with Crippen LogP contribution in [-0.4, -0.2) is 43.4 Å². The van der Waals surface area contributed by atoms with Gasteiger partial charge in [-0.15, -0.1) is 5.10 Å². The molecule has 1 aliphatic rings. The van der Waals surface area contributed by atoms with Crippen LogP contribution in [0.15, 0.2) is 30.5 Å². The number of nitrogens with zero attached hydrogens (tertiary/aromatic N) is 4. The van der Waals surface area contributed by atoms with E-state index in [2.05, 4.69) is 10.3 Å². The van der Waals surface area contributed by atoms with Crippen LogP contribution >= 0.6 is 0 Å². The van der Waals surface area contributed by atoms with Gasteiger partial charge in [-0.25, -0.2) is 13.9 Å². The van der Waals surface area contributed by atoms with Crippen molar-refractivity contribution < 1.29 is 19.1 Å². The molecule has 1 aromatic carbocycles. The number of rotatable bonds is 7. The summed E-state index contributed by atoms with van der Waals surface area (Å²) in [4.78, 5) is 25.1. The summed E-state index contributed by atoms with van der Waals surface area (Å²) in [6.07, 6.45) is 3.42. The van der Waals surface area contributed by atoms with Crippen LogP contribution in [0.3, 0.4) is 0 Å². The van der Waals surface area contributed by atoms with Crippen molar-refractivity contribution in [1.82, 2.24) is 19.9 Å². The van der Waals surface area contributed by atoms with E-state index in [0.29, 0.717) is 19.0 Å². The highest BCUT2D eigenvalue weighted by molar-refractivity contribution is 5.84. The van der Waals surface area contributed by atoms with Crippen molar-refractivity contribution in [2.45, 2.75) is 25.9 Å². The van der Waals surface area contributed by atoms with Crippen LogP contribution in [-0.2, 0) is 17.9 Å². The summed E-state index contributed by atoms with van der Waals surface area (Å²) in [6, 6.07) is 6.04. The second kappa shape index (κ2) is 6.77. The molecule has 0 radical (unpaired) electrons. The topological polar surface area (TPSA) is 88.3 Å². The summed E-state index contributed by atoms with van der Waals surface area (Å²) in [5.74, 6) is -1.18. The highest BCUT2D eigenvalue weighted by Crippen LogP contribution is 2.30. The van der Waals surface area contributed by atoms with Gasteiger partial charge in [0, 0.05) is 13.1 Å². The van der Waals surface area contributed by atoms with Crippen LogP contribution in [0.1, 0.15) is 28.9 Å². The molecule has 24 heavy (non-hydrogen) atoms. The Hall–Kier alpha value is -2.77. The Morgan fingerprint density at radius 3 is 2.58 bits per heavy atom. The molecule has 1 aliphatic carbocycles. The lowest BCUT2D eigenvalue weighted by Gasteiger charge is -2.22. The molecule has 2 aromatic rings. The van der Waals surface area contributed by atoms with Gasteiger partial charge in [-0.2, -0.15) is 0 Å². The number of carbonyl (C=O) groups is 2. The smallest absolute Gasteiger partial charge is 0.358 e. The van der Waals surface area contributed by atoms with Crippen molar-refractivity contribution in [2.75, 3.05) is 6.54 Å². The molecule has 1 fully saturated rings. The molecule has 8 heteroatoms. The van der Waals surface area contributed by atoms with E-state index in [1.807, 2.05) is 0 Å². The molecule has 1 aromatic heterocycles. The maximum atomic E-state index is 13.0. The molecule has 7 nitrogen and oxygen atoms in total. The van der Waals surface area contributed by atoms with Crippen molar-refractivity contribution in [1.29, 1.82) is 0 Å². The number of aromatic carboxylic acids is 1. The second-order valence-corrected chi connectivity index (χ2v) is 5.95. The van der Waals surface area contributed by atoms with Crippen molar-refractivity contribution in [3.63, 3.8) is 0 Å².